The summed E-state index contributed by atoms with van der Waals surface area (Å²) in [7, 11) is 0. The molecule has 19 heavy (non-hydrogen) atoms. The van der Waals surface area contributed by atoms with E-state index < -0.39 is 0 Å². The molecule has 0 aliphatic heterocycles. The lowest BCUT2D eigenvalue weighted by molar-refractivity contribution is 0.310. The van der Waals surface area contributed by atoms with Crippen LogP contribution < -0.4 is 4.74 Å². The first-order valence-electron chi connectivity index (χ1n) is 6.16. The van der Waals surface area contributed by atoms with E-state index in [-0.39, 0.29) is 0 Å². The van der Waals surface area contributed by atoms with Gasteiger partial charge in [-0.3, -0.25) is 0 Å². The molecule has 0 aliphatic carbocycles. The standard InChI is InChI=1S/C16H14ClNO/c17-15-8-9-16(14(11-15)12-18)19-10-4-7-13-5-2-1-3-6-13/h1-3,5-6,8-9,11H,4,7,10H2. The number of benzene rings is 2. The predicted molar refractivity (Wildman–Crippen MR) is 76.4 cm³/mol. The quantitative estimate of drug-likeness (QED) is 0.763. The summed E-state index contributed by atoms with van der Waals surface area (Å²) < 4.78 is 5.62. The summed E-state index contributed by atoms with van der Waals surface area (Å²) in [6, 6.07) is 17.4. The summed E-state index contributed by atoms with van der Waals surface area (Å²) in [5.74, 6) is 0.597. The lowest BCUT2D eigenvalue weighted by atomic mass is 10.1. The first kappa shape index (κ1) is 13.5. The van der Waals surface area contributed by atoms with Crippen molar-refractivity contribution in [2.24, 2.45) is 0 Å². The molecular weight excluding hydrogens is 258 g/mol. The van der Waals surface area contributed by atoms with Crippen LogP contribution in [0.4, 0.5) is 0 Å². The highest BCUT2D eigenvalue weighted by molar-refractivity contribution is 6.30. The van der Waals surface area contributed by atoms with Crippen molar-refractivity contribution in [3.05, 3.63) is 64.7 Å². The third-order valence-corrected chi connectivity index (χ3v) is 3.01. The van der Waals surface area contributed by atoms with E-state index >= 15 is 0 Å². The van der Waals surface area contributed by atoms with Crippen LogP contribution in [-0.4, -0.2) is 6.61 Å². The third-order valence-electron chi connectivity index (χ3n) is 2.77. The topological polar surface area (TPSA) is 33.0 Å². The monoisotopic (exact) mass is 271 g/mol. The highest BCUT2D eigenvalue weighted by atomic mass is 35.5. The number of halogens is 1. The zero-order valence-corrected chi connectivity index (χ0v) is 11.2. The maximum Gasteiger partial charge on any atom is 0.137 e. The van der Waals surface area contributed by atoms with Gasteiger partial charge in [0.2, 0.25) is 0 Å². The maximum atomic E-state index is 8.99. The van der Waals surface area contributed by atoms with E-state index in [4.69, 9.17) is 21.6 Å². The van der Waals surface area contributed by atoms with Crippen LogP contribution in [0.3, 0.4) is 0 Å². The molecular formula is C16H14ClNO. The van der Waals surface area contributed by atoms with Crippen LogP contribution in [0.2, 0.25) is 5.02 Å². The van der Waals surface area contributed by atoms with Crippen molar-refractivity contribution in [3.63, 3.8) is 0 Å². The van der Waals surface area contributed by atoms with Crippen molar-refractivity contribution < 1.29 is 4.74 Å². The van der Waals surface area contributed by atoms with Gasteiger partial charge in [-0.15, -0.1) is 0 Å². The molecule has 0 spiro atoms. The number of nitriles is 1. The Bertz CT molecular complexity index is 575. The second kappa shape index (κ2) is 6.82. The van der Waals surface area contributed by atoms with E-state index in [1.807, 2.05) is 18.2 Å². The van der Waals surface area contributed by atoms with Gasteiger partial charge in [-0.1, -0.05) is 41.9 Å². The molecule has 0 bridgehead atoms. The summed E-state index contributed by atoms with van der Waals surface area (Å²) in [4.78, 5) is 0. The molecule has 0 N–H and O–H groups in total. The van der Waals surface area contributed by atoms with E-state index in [9.17, 15) is 0 Å². The predicted octanol–water partition coefficient (Wildman–Crippen LogP) is 4.22. The molecule has 0 fully saturated rings. The minimum atomic E-state index is 0.479. The minimum absolute atomic E-state index is 0.479. The molecule has 3 heteroatoms. The largest absolute Gasteiger partial charge is 0.492 e. The van der Waals surface area contributed by atoms with Crippen molar-refractivity contribution in [3.8, 4) is 11.8 Å². The van der Waals surface area contributed by atoms with Crippen LogP contribution >= 0.6 is 11.6 Å². The SMILES string of the molecule is N#Cc1cc(Cl)ccc1OCCCc1ccccc1. The fraction of sp³-hybridized carbons (Fsp3) is 0.188. The van der Waals surface area contributed by atoms with Crippen LogP contribution in [-0.2, 0) is 6.42 Å². The Labute approximate surface area is 118 Å². The molecule has 0 amide bonds. The lowest BCUT2D eigenvalue weighted by Gasteiger charge is -2.08. The van der Waals surface area contributed by atoms with Gasteiger partial charge in [-0.2, -0.15) is 5.26 Å². The van der Waals surface area contributed by atoms with Crippen LogP contribution in [0.5, 0.6) is 5.75 Å². The van der Waals surface area contributed by atoms with Crippen LogP contribution in [0.1, 0.15) is 17.5 Å². The number of rotatable bonds is 5. The number of aryl methyl sites for hydroxylation is 1. The molecule has 0 saturated carbocycles. The van der Waals surface area contributed by atoms with Gasteiger partial charge in [0, 0.05) is 5.02 Å². The first-order chi connectivity index (χ1) is 9.29. The molecule has 2 rings (SSSR count). The lowest BCUT2D eigenvalue weighted by Crippen LogP contribution is -2.00. The van der Waals surface area contributed by atoms with Gasteiger partial charge >= 0.3 is 0 Å². The normalized spacial score (nSPS) is 9.89. The fourth-order valence-corrected chi connectivity index (χ4v) is 1.99. The molecule has 0 unspecified atom stereocenters. The van der Waals surface area contributed by atoms with E-state index in [2.05, 4.69) is 18.2 Å². The summed E-state index contributed by atoms with van der Waals surface area (Å²) in [6.07, 6.45) is 1.88. The molecule has 0 radical (unpaired) electrons. The van der Waals surface area contributed by atoms with E-state index in [1.54, 1.807) is 18.2 Å². The van der Waals surface area contributed by atoms with Crippen LogP contribution in [0.25, 0.3) is 0 Å². The Morgan fingerprint density at radius 3 is 2.63 bits per heavy atom. The molecule has 0 saturated heterocycles. The highest BCUT2D eigenvalue weighted by Gasteiger charge is 2.03. The summed E-state index contributed by atoms with van der Waals surface area (Å²) in [5.41, 5.74) is 1.77. The summed E-state index contributed by atoms with van der Waals surface area (Å²) >= 11 is 5.83. The van der Waals surface area contributed by atoms with Gasteiger partial charge in [-0.25, -0.2) is 0 Å². The van der Waals surface area contributed by atoms with Gasteiger partial charge in [-0.05, 0) is 36.6 Å². The van der Waals surface area contributed by atoms with Crippen molar-refractivity contribution in [2.75, 3.05) is 6.61 Å². The maximum absolute atomic E-state index is 8.99. The smallest absolute Gasteiger partial charge is 0.137 e. The number of ether oxygens (including phenoxy) is 1. The van der Waals surface area contributed by atoms with Crippen molar-refractivity contribution in [2.45, 2.75) is 12.8 Å². The fourth-order valence-electron chi connectivity index (χ4n) is 1.82. The van der Waals surface area contributed by atoms with E-state index in [0.29, 0.717) is 22.9 Å². The molecule has 2 aromatic rings. The Morgan fingerprint density at radius 2 is 1.89 bits per heavy atom. The van der Waals surface area contributed by atoms with Gasteiger partial charge in [0.25, 0.3) is 0 Å². The molecule has 0 heterocycles. The van der Waals surface area contributed by atoms with Gasteiger partial charge in [0.05, 0.1) is 12.2 Å². The first-order valence-corrected chi connectivity index (χ1v) is 6.54. The zero-order valence-electron chi connectivity index (χ0n) is 10.5. The van der Waals surface area contributed by atoms with Gasteiger partial charge in [0.15, 0.2) is 0 Å². The molecule has 0 aliphatic rings. The molecule has 0 atom stereocenters. The second-order valence-electron chi connectivity index (χ2n) is 4.19. The van der Waals surface area contributed by atoms with Gasteiger partial charge in [0.1, 0.15) is 11.8 Å². The molecule has 2 nitrogen and oxygen atoms in total. The van der Waals surface area contributed by atoms with Crippen molar-refractivity contribution in [1.29, 1.82) is 5.26 Å². The van der Waals surface area contributed by atoms with Crippen LogP contribution in [0.15, 0.2) is 48.5 Å². The molecule has 96 valence electrons. The van der Waals surface area contributed by atoms with Crippen molar-refractivity contribution in [1.82, 2.24) is 0 Å². The number of nitrogens with zero attached hydrogens (tertiary/aromatic N) is 1. The average molecular weight is 272 g/mol. The second-order valence-corrected chi connectivity index (χ2v) is 4.63. The molecule has 0 aromatic heterocycles. The third kappa shape index (κ3) is 4.01. The van der Waals surface area contributed by atoms with E-state index in [0.717, 1.165) is 12.8 Å². The number of hydrogen-bond acceptors (Lipinski definition) is 2. The number of hydrogen-bond donors (Lipinski definition) is 0. The van der Waals surface area contributed by atoms with Crippen molar-refractivity contribution >= 4 is 11.6 Å². The Balaban J connectivity index is 1.85. The van der Waals surface area contributed by atoms with Crippen LogP contribution in [0, 0.1) is 11.3 Å². The van der Waals surface area contributed by atoms with Gasteiger partial charge < -0.3 is 4.74 Å². The minimum Gasteiger partial charge on any atom is -0.492 e. The Morgan fingerprint density at radius 1 is 1.11 bits per heavy atom. The average Bonchev–Trinajstić information content (AvgIpc) is 2.46. The summed E-state index contributed by atoms with van der Waals surface area (Å²) in [6.45, 7) is 0.588. The summed E-state index contributed by atoms with van der Waals surface area (Å²) in [5, 5.41) is 9.54. The Kier molecular flexibility index (Phi) is 4.83. The highest BCUT2D eigenvalue weighted by Crippen LogP contribution is 2.22. The zero-order chi connectivity index (χ0) is 13.5. The van der Waals surface area contributed by atoms with E-state index in [1.165, 1.54) is 5.56 Å². The Hall–Kier alpha value is -1.98. The molecule has 2 aromatic carbocycles.